The first-order valence-electron chi connectivity index (χ1n) is 9.00. The highest BCUT2D eigenvalue weighted by Crippen LogP contribution is 2.19. The van der Waals surface area contributed by atoms with Crippen LogP contribution in [0.1, 0.15) is 33.9 Å². The molecule has 144 valence electrons. The lowest BCUT2D eigenvalue weighted by Gasteiger charge is -2.10. The van der Waals surface area contributed by atoms with Crippen LogP contribution in [0.5, 0.6) is 5.75 Å². The molecule has 6 heteroatoms. The molecule has 0 aliphatic carbocycles. The third-order valence-electron chi connectivity index (χ3n) is 3.82. The van der Waals surface area contributed by atoms with Crippen LogP contribution in [0.15, 0.2) is 66.0 Å². The van der Waals surface area contributed by atoms with Gasteiger partial charge in [0.1, 0.15) is 5.75 Å². The minimum Gasteiger partial charge on any atom is -0.493 e. The van der Waals surface area contributed by atoms with Crippen molar-refractivity contribution in [3.63, 3.8) is 0 Å². The van der Waals surface area contributed by atoms with Crippen LogP contribution in [0.3, 0.4) is 0 Å². The molecule has 3 rings (SSSR count). The first-order valence-corrected chi connectivity index (χ1v) is 9.88. The maximum absolute atomic E-state index is 12.5. The Balaban J connectivity index is 1.61. The van der Waals surface area contributed by atoms with Crippen molar-refractivity contribution in [2.75, 3.05) is 17.2 Å². The summed E-state index contributed by atoms with van der Waals surface area (Å²) in [5, 5.41) is 7.53. The van der Waals surface area contributed by atoms with E-state index in [-0.39, 0.29) is 11.8 Å². The molecule has 5 nitrogen and oxygen atoms in total. The molecular weight excluding hydrogens is 372 g/mol. The maximum atomic E-state index is 12.5. The van der Waals surface area contributed by atoms with Crippen molar-refractivity contribution in [2.45, 2.75) is 13.8 Å². The summed E-state index contributed by atoms with van der Waals surface area (Å²) in [5.74, 6) is 0.784. The Kier molecular flexibility index (Phi) is 6.45. The van der Waals surface area contributed by atoms with Gasteiger partial charge in [-0.3, -0.25) is 9.59 Å². The van der Waals surface area contributed by atoms with E-state index in [1.165, 1.54) is 11.3 Å². The van der Waals surface area contributed by atoms with Crippen LogP contribution < -0.4 is 15.4 Å². The van der Waals surface area contributed by atoms with E-state index >= 15 is 0 Å². The average molecular weight is 394 g/mol. The van der Waals surface area contributed by atoms with Gasteiger partial charge in [-0.25, -0.2) is 0 Å². The second-order valence-corrected chi connectivity index (χ2v) is 7.64. The summed E-state index contributed by atoms with van der Waals surface area (Å²) in [7, 11) is 0. The fourth-order valence-electron chi connectivity index (χ4n) is 2.44. The lowest BCUT2D eigenvalue weighted by Crippen LogP contribution is -2.13. The Morgan fingerprint density at radius 2 is 1.61 bits per heavy atom. The number of amides is 2. The van der Waals surface area contributed by atoms with Gasteiger partial charge in [0.25, 0.3) is 11.8 Å². The minimum atomic E-state index is -0.225. The van der Waals surface area contributed by atoms with Gasteiger partial charge in [0.05, 0.1) is 11.5 Å². The third kappa shape index (κ3) is 5.44. The van der Waals surface area contributed by atoms with Crippen LogP contribution in [-0.2, 0) is 0 Å². The highest BCUT2D eigenvalue weighted by molar-refractivity contribution is 7.12. The summed E-state index contributed by atoms with van der Waals surface area (Å²) in [4.78, 5) is 25.3. The molecule has 0 unspecified atom stereocenters. The summed E-state index contributed by atoms with van der Waals surface area (Å²) in [6.07, 6.45) is 0. The average Bonchev–Trinajstić information content (AvgIpc) is 3.22. The molecule has 0 bridgehead atoms. The van der Waals surface area contributed by atoms with Crippen LogP contribution in [0, 0.1) is 5.92 Å². The number of ether oxygens (including phenoxy) is 1. The number of carbonyl (C=O) groups is 2. The number of rotatable bonds is 7. The lowest BCUT2D eigenvalue weighted by atomic mass is 10.2. The molecule has 0 radical (unpaired) electrons. The Bertz CT molecular complexity index is 935. The van der Waals surface area contributed by atoms with E-state index in [9.17, 15) is 9.59 Å². The van der Waals surface area contributed by atoms with Crippen molar-refractivity contribution in [1.82, 2.24) is 0 Å². The Morgan fingerprint density at radius 1 is 0.929 bits per heavy atom. The number of hydrogen-bond donors (Lipinski definition) is 2. The van der Waals surface area contributed by atoms with Crippen molar-refractivity contribution >= 4 is 34.5 Å². The van der Waals surface area contributed by atoms with Gasteiger partial charge in [0.15, 0.2) is 0 Å². The normalized spacial score (nSPS) is 10.5. The van der Waals surface area contributed by atoms with Gasteiger partial charge >= 0.3 is 0 Å². The minimum absolute atomic E-state index is 0.171. The molecule has 0 spiro atoms. The van der Waals surface area contributed by atoms with Crippen LogP contribution in [0.2, 0.25) is 0 Å². The Labute approximate surface area is 168 Å². The summed E-state index contributed by atoms with van der Waals surface area (Å²) >= 11 is 1.38. The van der Waals surface area contributed by atoms with Gasteiger partial charge in [-0.2, -0.15) is 0 Å². The summed E-state index contributed by atoms with van der Waals surface area (Å²) in [6, 6.07) is 17.7. The largest absolute Gasteiger partial charge is 0.493 e. The van der Waals surface area contributed by atoms with Gasteiger partial charge in [0.2, 0.25) is 0 Å². The zero-order chi connectivity index (χ0) is 19.9. The number of nitrogens with one attached hydrogen (secondary N) is 2. The van der Waals surface area contributed by atoms with Crippen molar-refractivity contribution in [2.24, 2.45) is 5.92 Å². The molecule has 0 saturated heterocycles. The molecule has 2 aromatic carbocycles. The van der Waals surface area contributed by atoms with E-state index in [0.717, 1.165) is 5.75 Å². The van der Waals surface area contributed by atoms with Gasteiger partial charge in [0, 0.05) is 16.9 Å². The van der Waals surface area contributed by atoms with Crippen molar-refractivity contribution in [1.29, 1.82) is 0 Å². The summed E-state index contributed by atoms with van der Waals surface area (Å²) in [5.41, 5.74) is 1.76. The van der Waals surface area contributed by atoms with E-state index in [4.69, 9.17) is 4.74 Å². The summed E-state index contributed by atoms with van der Waals surface area (Å²) in [6.45, 7) is 4.80. The molecule has 0 atom stereocenters. The van der Waals surface area contributed by atoms with Gasteiger partial charge in [-0.05, 0) is 59.8 Å². The number of benzene rings is 2. The molecule has 28 heavy (non-hydrogen) atoms. The molecule has 1 aromatic heterocycles. The second kappa shape index (κ2) is 9.19. The zero-order valence-electron chi connectivity index (χ0n) is 15.8. The van der Waals surface area contributed by atoms with E-state index in [1.54, 1.807) is 54.6 Å². The summed E-state index contributed by atoms with van der Waals surface area (Å²) < 4.78 is 5.63. The molecule has 0 aliphatic rings. The highest BCUT2D eigenvalue weighted by atomic mass is 32.1. The molecule has 3 aromatic rings. The SMILES string of the molecule is CC(C)COc1ccc(C(=O)Nc2cccc(NC(=O)c3cccs3)c2)cc1. The lowest BCUT2D eigenvalue weighted by molar-refractivity contribution is 0.102. The fraction of sp³-hybridized carbons (Fsp3) is 0.182. The molecule has 1 heterocycles. The maximum Gasteiger partial charge on any atom is 0.265 e. The quantitative estimate of drug-likeness (QED) is 0.572. The fourth-order valence-corrected chi connectivity index (χ4v) is 3.06. The molecule has 2 N–H and O–H groups in total. The molecule has 0 aliphatic heterocycles. The Hall–Kier alpha value is -3.12. The van der Waals surface area contributed by atoms with Gasteiger partial charge in [-0.1, -0.05) is 26.0 Å². The molecular formula is C22H22N2O3S. The first kappa shape index (κ1) is 19.6. The number of thiophene rings is 1. The van der Waals surface area contributed by atoms with Crippen molar-refractivity contribution in [3.8, 4) is 5.75 Å². The van der Waals surface area contributed by atoms with Gasteiger partial charge in [-0.15, -0.1) is 11.3 Å². The highest BCUT2D eigenvalue weighted by Gasteiger charge is 2.09. The molecule has 0 fully saturated rings. The molecule has 2 amide bonds. The monoisotopic (exact) mass is 394 g/mol. The number of anilines is 2. The van der Waals surface area contributed by atoms with E-state index in [2.05, 4.69) is 24.5 Å². The predicted octanol–water partition coefficient (Wildman–Crippen LogP) is 5.29. The van der Waals surface area contributed by atoms with Crippen molar-refractivity contribution < 1.29 is 14.3 Å². The number of hydrogen-bond acceptors (Lipinski definition) is 4. The van der Waals surface area contributed by atoms with Crippen molar-refractivity contribution in [3.05, 3.63) is 76.5 Å². The van der Waals surface area contributed by atoms with Crippen LogP contribution in [-0.4, -0.2) is 18.4 Å². The van der Waals surface area contributed by atoms with Crippen LogP contribution in [0.4, 0.5) is 11.4 Å². The van der Waals surface area contributed by atoms with E-state index in [0.29, 0.717) is 34.3 Å². The predicted molar refractivity (Wildman–Crippen MR) is 113 cm³/mol. The van der Waals surface area contributed by atoms with Crippen LogP contribution >= 0.6 is 11.3 Å². The van der Waals surface area contributed by atoms with Crippen LogP contribution in [0.25, 0.3) is 0 Å². The second-order valence-electron chi connectivity index (χ2n) is 6.70. The standard InChI is InChI=1S/C22H22N2O3S/c1-15(2)14-27-19-10-8-16(9-11-19)21(25)23-17-5-3-6-18(13-17)24-22(26)20-7-4-12-28-20/h3-13,15H,14H2,1-2H3,(H,23,25)(H,24,26). The zero-order valence-corrected chi connectivity index (χ0v) is 16.6. The Morgan fingerprint density at radius 3 is 2.21 bits per heavy atom. The third-order valence-corrected chi connectivity index (χ3v) is 4.69. The number of carbonyl (C=O) groups excluding carboxylic acids is 2. The smallest absolute Gasteiger partial charge is 0.265 e. The topological polar surface area (TPSA) is 67.4 Å². The first-order chi connectivity index (χ1) is 13.5. The van der Waals surface area contributed by atoms with E-state index in [1.807, 2.05) is 11.4 Å². The van der Waals surface area contributed by atoms with E-state index < -0.39 is 0 Å². The molecule has 0 saturated carbocycles. The van der Waals surface area contributed by atoms with Gasteiger partial charge < -0.3 is 15.4 Å².